The number of nitrogens with zero attached hydrogens (tertiary/aromatic N) is 2. The number of aromatic carboxylic acids is 1. The molecule has 12 heavy (non-hydrogen) atoms. The normalized spacial score (nSPS) is 15.7. The third kappa shape index (κ3) is 1.20. The van der Waals surface area contributed by atoms with Gasteiger partial charge in [-0.3, -0.25) is 4.68 Å². The summed E-state index contributed by atoms with van der Waals surface area (Å²) in [5.41, 5.74) is 1.19. The van der Waals surface area contributed by atoms with Crippen LogP contribution in [0.25, 0.3) is 0 Å². The lowest BCUT2D eigenvalue weighted by molar-refractivity contribution is 0.0689. The highest BCUT2D eigenvalue weighted by molar-refractivity contribution is 7.98. The van der Waals surface area contributed by atoms with E-state index in [2.05, 4.69) is 5.10 Å². The minimum atomic E-state index is -0.943. The molecule has 0 aromatic carbocycles. The van der Waals surface area contributed by atoms with Crippen LogP contribution in [0.15, 0.2) is 6.07 Å². The Labute approximate surface area is 73.6 Å². The average Bonchev–Trinajstić information content (AvgIpc) is 2.46. The molecule has 0 amide bonds. The predicted octanol–water partition coefficient (Wildman–Crippen LogP) is 0.828. The van der Waals surface area contributed by atoms with Crippen molar-refractivity contribution >= 4 is 17.7 Å². The molecule has 0 aliphatic carbocycles. The van der Waals surface area contributed by atoms with E-state index in [0.717, 1.165) is 23.7 Å². The quantitative estimate of drug-likeness (QED) is 0.702. The molecule has 0 spiro atoms. The van der Waals surface area contributed by atoms with E-state index in [0.29, 0.717) is 0 Å². The van der Waals surface area contributed by atoms with E-state index in [1.54, 1.807) is 22.5 Å². The van der Waals surface area contributed by atoms with Gasteiger partial charge in [-0.1, -0.05) is 0 Å². The Kier molecular flexibility index (Phi) is 1.80. The predicted molar refractivity (Wildman–Crippen MR) is 45.3 cm³/mol. The van der Waals surface area contributed by atoms with Crippen LogP contribution < -0.4 is 0 Å². The number of aryl methyl sites for hydroxylation is 1. The van der Waals surface area contributed by atoms with Crippen LogP contribution in [0.1, 0.15) is 16.2 Å². The van der Waals surface area contributed by atoms with Crippen LogP contribution in [0, 0.1) is 0 Å². The zero-order chi connectivity index (χ0) is 8.55. The Morgan fingerprint density at radius 2 is 2.58 bits per heavy atom. The van der Waals surface area contributed by atoms with Crippen molar-refractivity contribution < 1.29 is 9.90 Å². The Bertz CT molecular complexity index is 298. The zero-order valence-electron chi connectivity index (χ0n) is 6.36. The van der Waals surface area contributed by atoms with Gasteiger partial charge in [0, 0.05) is 11.4 Å². The second-order valence-corrected chi connectivity index (χ2v) is 3.69. The lowest BCUT2D eigenvalue weighted by Crippen LogP contribution is -2.10. The third-order valence-corrected chi connectivity index (χ3v) is 2.72. The molecular weight excluding hydrogens is 176 g/mol. The van der Waals surface area contributed by atoms with Crippen molar-refractivity contribution in [3.8, 4) is 0 Å². The Balaban J connectivity index is 2.38. The fourth-order valence-corrected chi connectivity index (χ4v) is 2.08. The number of carboxylic acid groups (broad SMARTS) is 1. The van der Waals surface area contributed by atoms with Crippen LogP contribution in [-0.4, -0.2) is 26.6 Å². The highest BCUT2D eigenvalue weighted by atomic mass is 32.2. The van der Waals surface area contributed by atoms with Gasteiger partial charge in [-0.05, 0) is 12.5 Å². The summed E-state index contributed by atoms with van der Waals surface area (Å²) < 4.78 is 1.76. The largest absolute Gasteiger partial charge is 0.476 e. The molecule has 1 aliphatic rings. The van der Waals surface area contributed by atoms with Gasteiger partial charge in [-0.15, -0.1) is 11.8 Å². The summed E-state index contributed by atoms with van der Waals surface area (Å²) in [4.78, 5) is 10.5. The second kappa shape index (κ2) is 2.82. The fourth-order valence-electron chi connectivity index (χ4n) is 1.20. The van der Waals surface area contributed by atoms with Gasteiger partial charge >= 0.3 is 5.97 Å². The monoisotopic (exact) mass is 184 g/mol. The molecule has 0 bridgehead atoms. The van der Waals surface area contributed by atoms with Crippen LogP contribution in [0.2, 0.25) is 0 Å². The standard InChI is InChI=1S/C7H8N2O2S/c10-7(11)6-3-5-1-2-12-4-9(5)8-6/h3H,1-2,4H2,(H,10,11). The first-order valence-corrected chi connectivity index (χ1v) is 4.80. The molecule has 0 unspecified atom stereocenters. The first kappa shape index (κ1) is 7.67. The van der Waals surface area contributed by atoms with Crippen LogP contribution in [0.4, 0.5) is 0 Å². The maximum absolute atomic E-state index is 10.5. The molecule has 0 radical (unpaired) electrons. The van der Waals surface area contributed by atoms with Gasteiger partial charge in [0.1, 0.15) is 0 Å². The van der Waals surface area contributed by atoms with Crippen molar-refractivity contribution in [2.45, 2.75) is 12.3 Å². The zero-order valence-corrected chi connectivity index (χ0v) is 7.17. The molecule has 1 aromatic heterocycles. The Morgan fingerprint density at radius 3 is 3.25 bits per heavy atom. The van der Waals surface area contributed by atoms with Crippen molar-refractivity contribution in [2.75, 3.05) is 5.75 Å². The van der Waals surface area contributed by atoms with Crippen molar-refractivity contribution in [3.63, 3.8) is 0 Å². The van der Waals surface area contributed by atoms with E-state index in [1.165, 1.54) is 0 Å². The minimum Gasteiger partial charge on any atom is -0.476 e. The van der Waals surface area contributed by atoms with Gasteiger partial charge in [0.05, 0.1) is 5.88 Å². The third-order valence-electron chi connectivity index (χ3n) is 1.80. The van der Waals surface area contributed by atoms with Gasteiger partial charge < -0.3 is 5.11 Å². The van der Waals surface area contributed by atoms with Gasteiger partial charge in [0.15, 0.2) is 5.69 Å². The summed E-state index contributed by atoms with van der Waals surface area (Å²) >= 11 is 1.77. The number of rotatable bonds is 1. The summed E-state index contributed by atoms with van der Waals surface area (Å²) in [5.74, 6) is 0.898. The SMILES string of the molecule is O=C(O)c1cc2n(n1)CSCC2. The lowest BCUT2D eigenvalue weighted by atomic mass is 10.3. The second-order valence-electron chi connectivity index (χ2n) is 2.61. The topological polar surface area (TPSA) is 55.1 Å². The first-order valence-electron chi connectivity index (χ1n) is 3.65. The molecule has 2 rings (SSSR count). The molecule has 1 N–H and O–H groups in total. The summed E-state index contributed by atoms with van der Waals surface area (Å²) in [6, 6.07) is 1.65. The highest BCUT2D eigenvalue weighted by Gasteiger charge is 2.15. The van der Waals surface area contributed by atoms with E-state index in [1.807, 2.05) is 0 Å². The maximum atomic E-state index is 10.5. The molecule has 1 aliphatic heterocycles. The molecule has 0 atom stereocenters. The Hall–Kier alpha value is -0.970. The average molecular weight is 184 g/mol. The van der Waals surface area contributed by atoms with E-state index in [9.17, 15) is 4.79 Å². The van der Waals surface area contributed by atoms with Crippen LogP contribution >= 0.6 is 11.8 Å². The minimum absolute atomic E-state index is 0.160. The van der Waals surface area contributed by atoms with Crippen molar-refractivity contribution in [1.82, 2.24) is 9.78 Å². The number of carboxylic acids is 1. The number of aromatic nitrogens is 2. The van der Waals surface area contributed by atoms with Crippen molar-refractivity contribution in [1.29, 1.82) is 0 Å². The lowest BCUT2D eigenvalue weighted by Gasteiger charge is -2.11. The number of hydrogen-bond donors (Lipinski definition) is 1. The summed E-state index contributed by atoms with van der Waals surface area (Å²) in [7, 11) is 0. The van der Waals surface area contributed by atoms with E-state index in [-0.39, 0.29) is 5.69 Å². The molecule has 64 valence electrons. The van der Waals surface area contributed by atoms with E-state index < -0.39 is 5.97 Å². The first-order chi connectivity index (χ1) is 5.77. The highest BCUT2D eigenvalue weighted by Crippen LogP contribution is 2.18. The van der Waals surface area contributed by atoms with Gasteiger partial charge in [0.2, 0.25) is 0 Å². The fraction of sp³-hybridized carbons (Fsp3) is 0.429. The van der Waals surface area contributed by atoms with E-state index in [4.69, 9.17) is 5.11 Å². The van der Waals surface area contributed by atoms with Crippen molar-refractivity contribution in [2.24, 2.45) is 0 Å². The van der Waals surface area contributed by atoms with Gasteiger partial charge in [-0.2, -0.15) is 5.10 Å². The molecular formula is C7H8N2O2S. The molecule has 1 aromatic rings. The molecule has 4 nitrogen and oxygen atoms in total. The van der Waals surface area contributed by atoms with Crippen LogP contribution in [0.5, 0.6) is 0 Å². The number of carbonyl (C=O) groups is 1. The van der Waals surface area contributed by atoms with Gasteiger partial charge in [0.25, 0.3) is 0 Å². The molecule has 2 heterocycles. The molecule has 0 fully saturated rings. The van der Waals surface area contributed by atoms with Gasteiger partial charge in [-0.25, -0.2) is 4.79 Å². The number of hydrogen-bond acceptors (Lipinski definition) is 3. The maximum Gasteiger partial charge on any atom is 0.356 e. The summed E-state index contributed by atoms with van der Waals surface area (Å²) in [6.07, 6.45) is 0.922. The van der Waals surface area contributed by atoms with Crippen molar-refractivity contribution in [3.05, 3.63) is 17.5 Å². The van der Waals surface area contributed by atoms with Crippen LogP contribution in [0.3, 0.4) is 0 Å². The molecule has 0 saturated heterocycles. The van der Waals surface area contributed by atoms with Crippen LogP contribution in [-0.2, 0) is 12.3 Å². The number of fused-ring (bicyclic) bond motifs is 1. The molecule has 0 saturated carbocycles. The molecule has 5 heteroatoms. The Morgan fingerprint density at radius 1 is 1.75 bits per heavy atom. The smallest absolute Gasteiger partial charge is 0.356 e. The number of thioether (sulfide) groups is 1. The van der Waals surface area contributed by atoms with E-state index >= 15 is 0 Å². The summed E-state index contributed by atoms with van der Waals surface area (Å²) in [6.45, 7) is 0. The summed E-state index contributed by atoms with van der Waals surface area (Å²) in [5, 5.41) is 12.6.